The zero-order valence-electron chi connectivity index (χ0n) is 16.4. The van der Waals surface area contributed by atoms with Crippen molar-refractivity contribution in [1.82, 2.24) is 19.9 Å². The van der Waals surface area contributed by atoms with Crippen LogP contribution in [0.3, 0.4) is 0 Å². The van der Waals surface area contributed by atoms with Gasteiger partial charge in [-0.3, -0.25) is 0 Å². The van der Waals surface area contributed by atoms with E-state index in [1.54, 1.807) is 24.5 Å². The molecule has 5 rings (SSSR count). The molecule has 148 valence electrons. The molecule has 0 N–H and O–H groups in total. The van der Waals surface area contributed by atoms with E-state index in [4.69, 9.17) is 9.72 Å². The van der Waals surface area contributed by atoms with Gasteiger partial charge in [-0.1, -0.05) is 36.4 Å². The summed E-state index contributed by atoms with van der Waals surface area (Å²) in [6.45, 7) is 0. The number of aromatic nitrogens is 4. The Morgan fingerprint density at radius 1 is 0.900 bits per heavy atom. The van der Waals surface area contributed by atoms with Crippen LogP contribution in [0.1, 0.15) is 29.4 Å². The van der Waals surface area contributed by atoms with Crippen LogP contribution in [0, 0.1) is 5.82 Å². The van der Waals surface area contributed by atoms with E-state index in [-0.39, 0.29) is 23.4 Å². The molecule has 2 aromatic carbocycles. The number of halogens is 1. The van der Waals surface area contributed by atoms with Gasteiger partial charge in [0.25, 0.3) is 0 Å². The Bertz CT molecular complexity index is 1180. The Morgan fingerprint density at radius 2 is 1.70 bits per heavy atom. The van der Waals surface area contributed by atoms with Crippen LogP contribution in [-0.2, 0) is 0 Å². The minimum atomic E-state index is -0.348. The summed E-state index contributed by atoms with van der Waals surface area (Å²) in [6, 6.07) is 16.9. The molecule has 1 aliphatic rings. The van der Waals surface area contributed by atoms with Gasteiger partial charge in [0.1, 0.15) is 0 Å². The normalized spacial score (nSPS) is 17.5. The highest BCUT2D eigenvalue weighted by Crippen LogP contribution is 2.56. The van der Waals surface area contributed by atoms with Crippen molar-refractivity contribution in [3.05, 3.63) is 90.1 Å². The third kappa shape index (κ3) is 3.41. The topological polar surface area (TPSA) is 60.8 Å². The average Bonchev–Trinajstić information content (AvgIpc) is 3.61. The number of benzene rings is 2. The van der Waals surface area contributed by atoms with Crippen LogP contribution in [0.2, 0.25) is 0 Å². The molecule has 5 nitrogen and oxygen atoms in total. The van der Waals surface area contributed by atoms with Crippen molar-refractivity contribution in [3.63, 3.8) is 0 Å². The largest absolute Gasteiger partial charge is 0.494 e. The quantitative estimate of drug-likeness (QED) is 0.472. The van der Waals surface area contributed by atoms with Crippen molar-refractivity contribution < 1.29 is 9.13 Å². The molecule has 0 aliphatic heterocycles. The molecule has 30 heavy (non-hydrogen) atoms. The summed E-state index contributed by atoms with van der Waals surface area (Å²) in [5.41, 5.74) is 4.05. The second-order valence-corrected chi connectivity index (χ2v) is 7.28. The molecule has 1 fully saturated rings. The monoisotopic (exact) mass is 398 g/mol. The molecular weight excluding hydrogens is 379 g/mol. The first-order valence-corrected chi connectivity index (χ1v) is 9.78. The summed E-state index contributed by atoms with van der Waals surface area (Å²) >= 11 is 0. The summed E-state index contributed by atoms with van der Waals surface area (Å²) in [5, 5.41) is 0. The minimum Gasteiger partial charge on any atom is -0.494 e. The van der Waals surface area contributed by atoms with Crippen molar-refractivity contribution in [2.24, 2.45) is 0 Å². The number of methoxy groups -OCH3 is 1. The van der Waals surface area contributed by atoms with Crippen molar-refractivity contribution in [1.29, 1.82) is 0 Å². The van der Waals surface area contributed by atoms with E-state index in [0.717, 1.165) is 28.8 Å². The number of rotatable bonds is 5. The van der Waals surface area contributed by atoms with Crippen molar-refractivity contribution in [2.75, 3.05) is 7.11 Å². The van der Waals surface area contributed by atoms with Crippen LogP contribution in [0.25, 0.3) is 22.9 Å². The smallest absolute Gasteiger partial charge is 0.198 e. The fourth-order valence-electron chi connectivity index (χ4n) is 3.83. The zero-order chi connectivity index (χ0) is 20.5. The fraction of sp³-hybridized carbons (Fsp3) is 0.167. The summed E-state index contributed by atoms with van der Waals surface area (Å²) in [7, 11) is 1.48. The number of hydrogen-bond acceptors (Lipinski definition) is 5. The summed E-state index contributed by atoms with van der Waals surface area (Å²) in [5.74, 6) is 1.47. The first-order chi connectivity index (χ1) is 14.7. The second kappa shape index (κ2) is 7.63. The van der Waals surface area contributed by atoms with Gasteiger partial charge in [0, 0.05) is 29.7 Å². The Kier molecular flexibility index (Phi) is 4.67. The van der Waals surface area contributed by atoms with Crippen LogP contribution < -0.4 is 4.74 Å². The van der Waals surface area contributed by atoms with E-state index >= 15 is 0 Å². The Balaban J connectivity index is 1.54. The Labute approximate surface area is 173 Å². The maximum atomic E-state index is 13.8. The molecule has 6 heteroatoms. The lowest BCUT2D eigenvalue weighted by Gasteiger charge is -2.11. The van der Waals surface area contributed by atoms with Crippen LogP contribution in [0.15, 0.2) is 73.2 Å². The lowest BCUT2D eigenvalue weighted by molar-refractivity contribution is 0.386. The zero-order valence-corrected chi connectivity index (χ0v) is 16.4. The van der Waals surface area contributed by atoms with Crippen LogP contribution in [0.5, 0.6) is 5.75 Å². The van der Waals surface area contributed by atoms with Crippen molar-refractivity contribution in [3.8, 4) is 28.7 Å². The molecule has 1 aliphatic carbocycles. The first-order valence-electron chi connectivity index (χ1n) is 9.78. The number of hydrogen-bond donors (Lipinski definition) is 0. The minimum absolute atomic E-state index is 0.265. The van der Waals surface area contributed by atoms with E-state index in [9.17, 15) is 4.39 Å². The summed E-state index contributed by atoms with van der Waals surface area (Å²) in [6.07, 6.45) is 6.20. The van der Waals surface area contributed by atoms with Crippen LogP contribution in [0.4, 0.5) is 4.39 Å². The first kappa shape index (κ1) is 18.4. The van der Waals surface area contributed by atoms with Gasteiger partial charge in [0.15, 0.2) is 23.2 Å². The average molecular weight is 398 g/mol. The number of nitrogens with zero attached hydrogens (tertiary/aromatic N) is 4. The molecular formula is C24H19FN4O. The predicted octanol–water partition coefficient (Wildman–Crippen LogP) is 5.02. The van der Waals surface area contributed by atoms with E-state index < -0.39 is 0 Å². The molecule has 0 bridgehead atoms. The molecule has 2 atom stereocenters. The second-order valence-electron chi connectivity index (χ2n) is 7.28. The molecule has 2 heterocycles. The molecule has 0 unspecified atom stereocenters. The van der Waals surface area contributed by atoms with Gasteiger partial charge < -0.3 is 4.74 Å². The van der Waals surface area contributed by atoms with Crippen LogP contribution in [-0.4, -0.2) is 27.0 Å². The van der Waals surface area contributed by atoms with Crippen molar-refractivity contribution >= 4 is 0 Å². The maximum absolute atomic E-state index is 13.8. The fourth-order valence-corrected chi connectivity index (χ4v) is 3.83. The summed E-state index contributed by atoms with van der Waals surface area (Å²) in [4.78, 5) is 17.9. The highest BCUT2D eigenvalue weighted by atomic mass is 19.1. The lowest BCUT2D eigenvalue weighted by Crippen LogP contribution is -2.00. The van der Waals surface area contributed by atoms with E-state index in [1.165, 1.54) is 13.2 Å². The third-order valence-corrected chi connectivity index (χ3v) is 5.42. The molecule has 0 radical (unpaired) electrons. The molecule has 2 aromatic heterocycles. The third-order valence-electron chi connectivity index (χ3n) is 5.42. The van der Waals surface area contributed by atoms with Gasteiger partial charge in [-0.2, -0.15) is 0 Å². The summed E-state index contributed by atoms with van der Waals surface area (Å²) < 4.78 is 19.0. The Hall–Kier alpha value is -3.67. The van der Waals surface area contributed by atoms with Gasteiger partial charge >= 0.3 is 0 Å². The van der Waals surface area contributed by atoms with Crippen LogP contribution >= 0.6 is 0 Å². The molecule has 4 aromatic rings. The highest BCUT2D eigenvalue weighted by Gasteiger charge is 2.42. The van der Waals surface area contributed by atoms with Gasteiger partial charge in [-0.05, 0) is 42.0 Å². The highest BCUT2D eigenvalue weighted by molar-refractivity contribution is 5.67. The molecule has 0 spiro atoms. The van der Waals surface area contributed by atoms with E-state index in [2.05, 4.69) is 15.0 Å². The lowest BCUT2D eigenvalue weighted by atomic mass is 10.0. The van der Waals surface area contributed by atoms with Crippen molar-refractivity contribution in [2.45, 2.75) is 18.3 Å². The Morgan fingerprint density at radius 3 is 2.47 bits per heavy atom. The molecule has 1 saturated carbocycles. The van der Waals surface area contributed by atoms with E-state index in [0.29, 0.717) is 11.6 Å². The molecule has 0 amide bonds. The van der Waals surface area contributed by atoms with Gasteiger partial charge in [0.05, 0.1) is 12.8 Å². The molecule has 0 saturated heterocycles. The standard InChI is InChI=1S/C24H19FN4O/c1-30-21-12-16(8-9-20(21)25)17-13-18(17)19-14-28-24(23-26-10-5-11-27-23)29-22(19)15-6-3-2-4-7-15/h2-12,14,17-18H,13H2,1H3/t17-,18-/m1/s1. The van der Waals surface area contributed by atoms with Gasteiger partial charge in [-0.15, -0.1) is 0 Å². The number of ether oxygens (including phenoxy) is 1. The van der Waals surface area contributed by atoms with Gasteiger partial charge in [-0.25, -0.2) is 24.3 Å². The maximum Gasteiger partial charge on any atom is 0.198 e. The van der Waals surface area contributed by atoms with Gasteiger partial charge in [0.2, 0.25) is 0 Å². The van der Waals surface area contributed by atoms with E-state index in [1.807, 2.05) is 42.6 Å². The predicted molar refractivity (Wildman–Crippen MR) is 112 cm³/mol. The SMILES string of the molecule is COc1cc([C@H]2C[C@H]2c2cnc(-c3ncccn3)nc2-c2ccccc2)ccc1F.